The molecule has 0 amide bonds. The highest BCUT2D eigenvalue weighted by atomic mass is 79.9. The van der Waals surface area contributed by atoms with Crippen molar-refractivity contribution in [2.45, 2.75) is 6.54 Å². The Balaban J connectivity index is 1.80. The largest absolute Gasteiger partial charge is 0.396 e. The Hall–Kier alpha value is -1.88. The van der Waals surface area contributed by atoms with Gasteiger partial charge in [-0.05, 0) is 28.1 Å². The van der Waals surface area contributed by atoms with E-state index in [1.165, 1.54) is 20.5 Å². The maximum absolute atomic E-state index is 5.92. The number of nitrogens with two attached hydrogens (primary N) is 1. The lowest BCUT2D eigenvalue weighted by Gasteiger charge is -2.16. The van der Waals surface area contributed by atoms with Crippen molar-refractivity contribution in [2.24, 2.45) is 5.73 Å². The lowest BCUT2D eigenvalue weighted by molar-refractivity contribution is 0.783. The van der Waals surface area contributed by atoms with Crippen LogP contribution in [0.15, 0.2) is 41.9 Å². The summed E-state index contributed by atoms with van der Waals surface area (Å²) in [5, 5.41) is 12.2. The molecule has 0 spiro atoms. The van der Waals surface area contributed by atoms with E-state index in [2.05, 4.69) is 56.2 Å². The van der Waals surface area contributed by atoms with Crippen LogP contribution in [0, 0.1) is 0 Å². The van der Waals surface area contributed by atoms with Crippen molar-refractivity contribution >= 4 is 26.6 Å². The first kappa shape index (κ1) is 13.1. The van der Waals surface area contributed by atoms with Gasteiger partial charge in [-0.15, -0.1) is 0 Å². The molecule has 0 unspecified atom stereocenters. The van der Waals surface area contributed by atoms with Crippen molar-refractivity contribution in [3.05, 3.63) is 57.9 Å². The number of halogens is 1. The summed E-state index contributed by atoms with van der Waals surface area (Å²) in [6, 6.07) is 6.48. The van der Waals surface area contributed by atoms with Crippen molar-refractivity contribution in [3.63, 3.8) is 0 Å². The normalized spacial score (nSPS) is 16.9. The van der Waals surface area contributed by atoms with E-state index in [-0.39, 0.29) is 0 Å². The molecule has 1 aromatic rings. The van der Waals surface area contributed by atoms with E-state index < -0.39 is 0 Å². The third-order valence-corrected chi connectivity index (χ3v) is 4.11. The molecule has 2 aliphatic rings. The fraction of sp³-hybridized carbons (Fsp3) is 0.200. The molecule has 1 aromatic carbocycles. The van der Waals surface area contributed by atoms with Gasteiger partial charge in [-0.2, -0.15) is 0 Å². The minimum atomic E-state index is 0.750. The Morgan fingerprint density at radius 3 is 3.00 bits per heavy atom. The van der Waals surface area contributed by atoms with Crippen LogP contribution in [0.2, 0.25) is 0 Å². The van der Waals surface area contributed by atoms with Crippen molar-refractivity contribution in [1.82, 2.24) is 16.0 Å². The summed E-state index contributed by atoms with van der Waals surface area (Å²) in [4.78, 5) is 0. The maximum Gasteiger partial charge on any atom is 0.0706 e. The smallest absolute Gasteiger partial charge is 0.0706 e. The predicted octanol–water partition coefficient (Wildman–Crippen LogP) is -0.0923. The van der Waals surface area contributed by atoms with Gasteiger partial charge >= 0.3 is 0 Å². The first-order chi connectivity index (χ1) is 9.74. The molecule has 104 valence electrons. The van der Waals surface area contributed by atoms with Gasteiger partial charge in [-0.25, -0.2) is 0 Å². The average molecular weight is 333 g/mol. The van der Waals surface area contributed by atoms with Gasteiger partial charge in [0.05, 0.1) is 11.4 Å². The van der Waals surface area contributed by atoms with Crippen LogP contribution in [0.3, 0.4) is 0 Å². The van der Waals surface area contributed by atoms with Crippen molar-refractivity contribution < 1.29 is 0 Å². The highest BCUT2D eigenvalue weighted by Crippen LogP contribution is 2.06. The van der Waals surface area contributed by atoms with Gasteiger partial charge in [-0.1, -0.05) is 28.1 Å². The minimum absolute atomic E-state index is 0.750. The average Bonchev–Trinajstić information content (AvgIpc) is 2.47. The second-order valence-electron chi connectivity index (χ2n) is 4.83. The molecule has 2 heterocycles. The molecule has 5 heteroatoms. The van der Waals surface area contributed by atoms with Gasteiger partial charge in [0, 0.05) is 36.5 Å². The molecule has 0 aliphatic carbocycles. The monoisotopic (exact) mass is 332 g/mol. The van der Waals surface area contributed by atoms with Crippen LogP contribution in [-0.4, -0.2) is 13.1 Å². The third-order valence-electron chi connectivity index (χ3n) is 3.40. The number of nitrogens with one attached hydrogen (secondary N) is 3. The van der Waals surface area contributed by atoms with Gasteiger partial charge in [0.2, 0.25) is 0 Å². The number of hydrogen-bond acceptors (Lipinski definition) is 4. The molecule has 0 bridgehead atoms. The number of dihydropyridines is 1. The molecule has 0 aromatic heterocycles. The number of fused-ring (bicyclic) bond motifs is 1. The molecular formula is C15H17BrN4. The zero-order valence-corrected chi connectivity index (χ0v) is 12.6. The molecule has 0 fully saturated rings. The summed E-state index contributed by atoms with van der Waals surface area (Å²) in [5.74, 6) is 0. The quantitative estimate of drug-likeness (QED) is 0.624. The molecular weight excluding hydrogens is 316 g/mol. The molecule has 0 saturated heterocycles. The van der Waals surface area contributed by atoms with E-state index in [1.807, 2.05) is 12.4 Å². The fourth-order valence-electron chi connectivity index (χ4n) is 2.32. The zero-order valence-electron chi connectivity index (χ0n) is 11.0. The highest BCUT2D eigenvalue weighted by molar-refractivity contribution is 9.14. The molecule has 20 heavy (non-hydrogen) atoms. The first-order valence-electron chi connectivity index (χ1n) is 6.59. The maximum atomic E-state index is 5.92. The zero-order chi connectivity index (χ0) is 13.9. The van der Waals surface area contributed by atoms with Gasteiger partial charge in [0.25, 0.3) is 0 Å². The van der Waals surface area contributed by atoms with Crippen LogP contribution in [-0.2, 0) is 6.54 Å². The lowest BCUT2D eigenvalue weighted by Crippen LogP contribution is -2.35. The summed E-state index contributed by atoms with van der Waals surface area (Å²) < 4.78 is 1.19. The molecule has 4 nitrogen and oxygen atoms in total. The SMILES string of the molecule is NC1=CNCC=C1NCc1ccc2c(c1)=C(Br)CNC=2. The molecule has 5 N–H and O–H groups in total. The summed E-state index contributed by atoms with van der Waals surface area (Å²) in [7, 11) is 0. The van der Waals surface area contributed by atoms with E-state index in [1.54, 1.807) is 0 Å². The summed E-state index contributed by atoms with van der Waals surface area (Å²) in [6.07, 6.45) is 5.95. The van der Waals surface area contributed by atoms with Crippen LogP contribution < -0.4 is 32.1 Å². The highest BCUT2D eigenvalue weighted by Gasteiger charge is 2.05. The van der Waals surface area contributed by atoms with E-state index in [9.17, 15) is 0 Å². The molecule has 0 saturated carbocycles. The summed E-state index contributed by atoms with van der Waals surface area (Å²) in [5.41, 5.74) is 8.91. The molecule has 0 radical (unpaired) electrons. The fourth-order valence-corrected chi connectivity index (χ4v) is 2.82. The number of hydrogen-bond donors (Lipinski definition) is 4. The molecule has 0 atom stereocenters. The van der Waals surface area contributed by atoms with E-state index in [0.717, 1.165) is 31.0 Å². The van der Waals surface area contributed by atoms with Crippen LogP contribution in [0.1, 0.15) is 5.56 Å². The predicted molar refractivity (Wildman–Crippen MR) is 85.7 cm³/mol. The van der Waals surface area contributed by atoms with Crippen molar-refractivity contribution in [1.29, 1.82) is 0 Å². The van der Waals surface area contributed by atoms with Gasteiger partial charge in [0.15, 0.2) is 0 Å². The van der Waals surface area contributed by atoms with Crippen molar-refractivity contribution in [2.75, 3.05) is 13.1 Å². The topological polar surface area (TPSA) is 62.1 Å². The number of benzene rings is 1. The van der Waals surface area contributed by atoms with Crippen molar-refractivity contribution in [3.8, 4) is 0 Å². The van der Waals surface area contributed by atoms with Crippen LogP contribution >= 0.6 is 15.9 Å². The Kier molecular flexibility index (Phi) is 3.69. The molecule has 3 rings (SSSR count). The second-order valence-corrected chi connectivity index (χ2v) is 5.79. The minimum Gasteiger partial charge on any atom is -0.396 e. The van der Waals surface area contributed by atoms with Gasteiger partial charge in [-0.3, -0.25) is 0 Å². The van der Waals surface area contributed by atoms with Gasteiger partial charge < -0.3 is 21.7 Å². The lowest BCUT2D eigenvalue weighted by atomic mass is 10.1. The first-order valence-corrected chi connectivity index (χ1v) is 7.38. The summed E-state index contributed by atoms with van der Waals surface area (Å²) >= 11 is 3.62. The van der Waals surface area contributed by atoms with E-state index >= 15 is 0 Å². The Morgan fingerprint density at radius 2 is 2.15 bits per heavy atom. The number of rotatable bonds is 3. The van der Waals surface area contributed by atoms with Gasteiger partial charge in [0.1, 0.15) is 0 Å². The standard InChI is InChI=1S/C15H17BrN4/c16-13-8-19-7-11-2-1-10(5-12(11)13)6-20-15-3-4-18-9-14(15)17/h1-3,5,7,9,18-20H,4,6,8,17H2. The van der Waals surface area contributed by atoms with E-state index in [0.29, 0.717) is 0 Å². The Morgan fingerprint density at radius 1 is 1.25 bits per heavy atom. The Bertz CT molecular complexity index is 703. The van der Waals surface area contributed by atoms with Crippen LogP contribution in [0.5, 0.6) is 0 Å². The summed E-state index contributed by atoms with van der Waals surface area (Å²) in [6.45, 7) is 2.42. The Labute approximate surface area is 126 Å². The van der Waals surface area contributed by atoms with Crippen LogP contribution in [0.25, 0.3) is 10.7 Å². The van der Waals surface area contributed by atoms with E-state index in [4.69, 9.17) is 5.73 Å². The second kappa shape index (κ2) is 5.63. The third kappa shape index (κ3) is 2.67. The molecule has 2 aliphatic heterocycles. The van der Waals surface area contributed by atoms with Crippen LogP contribution in [0.4, 0.5) is 0 Å².